The largest absolute Gasteiger partial charge is 0.368 e. The molecule has 0 bridgehead atoms. The van der Waals surface area contributed by atoms with Crippen LogP contribution in [0.15, 0.2) is 48.5 Å². The van der Waals surface area contributed by atoms with Crippen LogP contribution in [0.4, 0.5) is 5.69 Å². The zero-order valence-corrected chi connectivity index (χ0v) is 21.7. The number of amides is 2. The van der Waals surface area contributed by atoms with Crippen LogP contribution < -0.4 is 14.8 Å². The standard InChI is InChI=1S/C23H28IN5O4S/c24-21(17-7-2-1-3-8-17)28-15-13-27(14-16-28)19-10-6-9-18-20(19)23(31)29(22(18)30)12-5-4-11-26-34(25,32)33/h1-3,6-10,21,26H,4-5,11-16H2,(H2,25,32,33)/t21-/m0/s1. The van der Waals surface area contributed by atoms with Crippen molar-refractivity contribution in [1.82, 2.24) is 14.5 Å². The molecule has 0 unspecified atom stereocenters. The second-order valence-corrected chi connectivity index (χ2v) is 10.9. The molecule has 3 N–H and O–H groups in total. The van der Waals surface area contributed by atoms with Crippen LogP contribution in [-0.2, 0) is 10.2 Å². The molecule has 2 aliphatic heterocycles. The maximum atomic E-state index is 13.2. The predicted molar refractivity (Wildman–Crippen MR) is 139 cm³/mol. The zero-order valence-electron chi connectivity index (χ0n) is 18.7. The molecule has 182 valence electrons. The van der Waals surface area contributed by atoms with E-state index in [0.29, 0.717) is 24.0 Å². The van der Waals surface area contributed by atoms with Crippen LogP contribution in [0.2, 0.25) is 0 Å². The van der Waals surface area contributed by atoms with E-state index < -0.39 is 10.2 Å². The number of unbranched alkanes of at least 4 members (excludes halogenated alkanes) is 1. The molecule has 0 saturated carbocycles. The number of nitrogens with one attached hydrogen (secondary N) is 1. The van der Waals surface area contributed by atoms with Gasteiger partial charge in [-0.25, -0.2) is 9.86 Å². The van der Waals surface area contributed by atoms with E-state index in [9.17, 15) is 18.0 Å². The van der Waals surface area contributed by atoms with Gasteiger partial charge >= 0.3 is 0 Å². The second-order valence-electron chi connectivity index (χ2n) is 8.38. The van der Waals surface area contributed by atoms with Gasteiger partial charge in [0, 0.05) is 39.3 Å². The third kappa shape index (κ3) is 5.60. The summed E-state index contributed by atoms with van der Waals surface area (Å²) in [4.78, 5) is 32.0. The second kappa shape index (κ2) is 10.7. The van der Waals surface area contributed by atoms with Gasteiger partial charge in [-0.1, -0.05) is 59.0 Å². The number of carbonyl (C=O) groups excluding carboxylic acids is 2. The summed E-state index contributed by atoms with van der Waals surface area (Å²) in [7, 11) is -3.74. The average Bonchev–Trinajstić information content (AvgIpc) is 3.08. The number of anilines is 1. The smallest absolute Gasteiger partial charge is 0.274 e. The Morgan fingerprint density at radius 2 is 1.65 bits per heavy atom. The number of halogens is 1. The van der Waals surface area contributed by atoms with E-state index in [-0.39, 0.29) is 29.0 Å². The van der Waals surface area contributed by atoms with E-state index >= 15 is 0 Å². The maximum absolute atomic E-state index is 13.2. The number of nitrogens with two attached hydrogens (primary N) is 1. The van der Waals surface area contributed by atoms with Crippen molar-refractivity contribution in [2.45, 2.75) is 16.9 Å². The lowest BCUT2D eigenvalue weighted by atomic mass is 10.1. The minimum atomic E-state index is -3.74. The van der Waals surface area contributed by atoms with E-state index in [1.165, 1.54) is 10.5 Å². The third-order valence-electron chi connectivity index (χ3n) is 6.14. The van der Waals surface area contributed by atoms with Crippen LogP contribution in [0.3, 0.4) is 0 Å². The fourth-order valence-corrected chi connectivity index (χ4v) is 5.80. The highest BCUT2D eigenvalue weighted by Gasteiger charge is 2.38. The summed E-state index contributed by atoms with van der Waals surface area (Å²) in [5.41, 5.74) is 2.98. The Labute approximate surface area is 213 Å². The molecule has 2 heterocycles. The molecule has 0 radical (unpaired) electrons. The van der Waals surface area contributed by atoms with Gasteiger partial charge in [0.1, 0.15) is 0 Å². The molecule has 0 aromatic heterocycles. The number of nitrogens with zero attached hydrogens (tertiary/aromatic N) is 3. The van der Waals surface area contributed by atoms with Gasteiger partial charge in [0.25, 0.3) is 22.0 Å². The van der Waals surface area contributed by atoms with Crippen LogP contribution >= 0.6 is 22.6 Å². The van der Waals surface area contributed by atoms with Crippen molar-refractivity contribution >= 4 is 50.3 Å². The first kappa shape index (κ1) is 25.0. The fraction of sp³-hybridized carbons (Fsp3) is 0.391. The van der Waals surface area contributed by atoms with Crippen LogP contribution in [0.25, 0.3) is 0 Å². The van der Waals surface area contributed by atoms with E-state index in [1.54, 1.807) is 6.07 Å². The Bertz CT molecular complexity index is 1150. The Kier molecular flexibility index (Phi) is 7.87. The number of alkyl halides is 1. The molecule has 2 amide bonds. The van der Waals surface area contributed by atoms with Crippen molar-refractivity contribution in [3.63, 3.8) is 0 Å². The van der Waals surface area contributed by atoms with Gasteiger partial charge in [-0.05, 0) is 30.5 Å². The molecule has 1 fully saturated rings. The number of benzene rings is 2. The summed E-state index contributed by atoms with van der Waals surface area (Å²) < 4.78 is 24.4. The maximum Gasteiger partial charge on any atom is 0.274 e. The lowest BCUT2D eigenvalue weighted by Gasteiger charge is -2.39. The van der Waals surface area contributed by atoms with Crippen molar-refractivity contribution in [3.8, 4) is 0 Å². The fourth-order valence-electron chi connectivity index (χ4n) is 4.40. The normalized spacial score (nSPS) is 17.8. The van der Waals surface area contributed by atoms with Gasteiger partial charge in [0.2, 0.25) is 0 Å². The first-order valence-corrected chi connectivity index (χ1v) is 14.0. The average molecular weight is 597 g/mol. The summed E-state index contributed by atoms with van der Waals surface area (Å²) in [6.45, 7) is 3.65. The van der Waals surface area contributed by atoms with Gasteiger partial charge in [0.05, 0.1) is 20.9 Å². The highest BCUT2D eigenvalue weighted by atomic mass is 127. The molecular formula is C23H28IN5O4S. The van der Waals surface area contributed by atoms with Crippen LogP contribution in [0.5, 0.6) is 0 Å². The predicted octanol–water partition coefficient (Wildman–Crippen LogP) is 2.11. The molecule has 11 heteroatoms. The van der Waals surface area contributed by atoms with Crippen molar-refractivity contribution in [1.29, 1.82) is 0 Å². The van der Waals surface area contributed by atoms with Crippen molar-refractivity contribution < 1.29 is 18.0 Å². The summed E-state index contributed by atoms with van der Waals surface area (Å²) >= 11 is 2.47. The van der Waals surface area contributed by atoms with Crippen molar-refractivity contribution in [2.24, 2.45) is 5.14 Å². The third-order valence-corrected chi connectivity index (χ3v) is 8.25. The molecule has 9 nitrogen and oxygen atoms in total. The SMILES string of the molecule is NS(=O)(=O)NCCCCN1C(=O)c2cccc(N3CCN([C@H](I)c4ccccc4)CC3)c2C1=O. The lowest BCUT2D eigenvalue weighted by molar-refractivity contribution is 0.0652. The Morgan fingerprint density at radius 1 is 0.941 bits per heavy atom. The number of hydrogen-bond donors (Lipinski definition) is 2. The van der Waals surface area contributed by atoms with Crippen LogP contribution in [-0.4, -0.2) is 69.3 Å². The highest BCUT2D eigenvalue weighted by Crippen LogP contribution is 2.34. The molecule has 4 rings (SSSR count). The molecular weight excluding hydrogens is 569 g/mol. The first-order valence-electron chi connectivity index (χ1n) is 11.2. The number of fused-ring (bicyclic) bond motifs is 1. The molecule has 1 atom stereocenters. The molecule has 2 aliphatic rings. The summed E-state index contributed by atoms with van der Waals surface area (Å²) in [6, 6.07) is 15.8. The molecule has 0 aliphatic carbocycles. The number of piperazine rings is 1. The molecule has 34 heavy (non-hydrogen) atoms. The van der Waals surface area contributed by atoms with Crippen LogP contribution in [0, 0.1) is 0 Å². The van der Waals surface area contributed by atoms with Gasteiger partial charge in [-0.15, -0.1) is 0 Å². The topological polar surface area (TPSA) is 116 Å². The van der Waals surface area contributed by atoms with E-state index in [1.807, 2.05) is 18.2 Å². The monoisotopic (exact) mass is 597 g/mol. The number of hydrogen-bond acceptors (Lipinski definition) is 6. The molecule has 2 aromatic rings. The lowest BCUT2D eigenvalue weighted by Crippen LogP contribution is -2.47. The minimum Gasteiger partial charge on any atom is -0.368 e. The Balaban J connectivity index is 1.39. The minimum absolute atomic E-state index is 0.165. The number of carbonyl (C=O) groups is 2. The first-order chi connectivity index (χ1) is 16.3. The quantitative estimate of drug-likeness (QED) is 0.151. The Morgan fingerprint density at radius 3 is 2.32 bits per heavy atom. The Hall–Kier alpha value is -2.06. The van der Waals surface area contributed by atoms with E-state index in [2.05, 4.69) is 61.4 Å². The van der Waals surface area contributed by atoms with Crippen molar-refractivity contribution in [3.05, 3.63) is 65.2 Å². The highest BCUT2D eigenvalue weighted by molar-refractivity contribution is 14.1. The zero-order chi connectivity index (χ0) is 24.3. The van der Waals surface area contributed by atoms with Gasteiger partial charge < -0.3 is 4.90 Å². The summed E-state index contributed by atoms with van der Waals surface area (Å²) in [5, 5.41) is 4.92. The number of imide groups is 1. The summed E-state index contributed by atoms with van der Waals surface area (Å²) in [6.07, 6.45) is 0.954. The summed E-state index contributed by atoms with van der Waals surface area (Å²) in [5.74, 6) is -0.579. The van der Waals surface area contributed by atoms with Crippen molar-refractivity contribution in [2.75, 3.05) is 44.2 Å². The van der Waals surface area contributed by atoms with Gasteiger partial charge in [0.15, 0.2) is 0 Å². The molecule has 0 spiro atoms. The van der Waals surface area contributed by atoms with Gasteiger partial charge in [-0.3, -0.25) is 19.4 Å². The molecule has 1 saturated heterocycles. The van der Waals surface area contributed by atoms with Crippen LogP contribution in [0.1, 0.15) is 43.2 Å². The number of rotatable bonds is 9. The van der Waals surface area contributed by atoms with E-state index in [4.69, 9.17) is 5.14 Å². The molecule has 2 aromatic carbocycles. The van der Waals surface area contributed by atoms with E-state index in [0.717, 1.165) is 31.9 Å². The van der Waals surface area contributed by atoms with Gasteiger partial charge in [-0.2, -0.15) is 8.42 Å².